The lowest BCUT2D eigenvalue weighted by Gasteiger charge is -2.12. The van der Waals surface area contributed by atoms with Crippen molar-refractivity contribution in [2.24, 2.45) is 0 Å². The van der Waals surface area contributed by atoms with Crippen molar-refractivity contribution in [2.75, 3.05) is 11.9 Å². The number of rotatable bonds is 5. The standard InChI is InChI=1S/C18H17N3O3/c1-2-24-16-10-6-5-9-15(16)20-17(22)11-21-12-19-14-8-4-3-7-13(14)18(21)23/h3-10,12H,2,11H2,1H3,(H,20,22). The van der Waals surface area contributed by atoms with Gasteiger partial charge in [-0.1, -0.05) is 24.3 Å². The van der Waals surface area contributed by atoms with E-state index >= 15 is 0 Å². The maximum absolute atomic E-state index is 12.4. The zero-order chi connectivity index (χ0) is 16.9. The first-order valence-electron chi connectivity index (χ1n) is 7.65. The summed E-state index contributed by atoms with van der Waals surface area (Å²) in [5, 5.41) is 3.26. The highest BCUT2D eigenvalue weighted by molar-refractivity contribution is 5.92. The minimum absolute atomic E-state index is 0.114. The number of nitrogens with one attached hydrogen (secondary N) is 1. The maximum Gasteiger partial charge on any atom is 0.261 e. The Morgan fingerprint density at radius 1 is 1.17 bits per heavy atom. The number of hydrogen-bond acceptors (Lipinski definition) is 4. The molecule has 0 saturated carbocycles. The third-order valence-corrected chi connectivity index (χ3v) is 3.51. The molecule has 0 spiro atoms. The van der Waals surface area contributed by atoms with Gasteiger partial charge in [0.25, 0.3) is 5.56 Å². The molecular weight excluding hydrogens is 306 g/mol. The average Bonchev–Trinajstić information content (AvgIpc) is 2.60. The first-order chi connectivity index (χ1) is 11.7. The molecule has 0 aliphatic carbocycles. The van der Waals surface area contributed by atoms with E-state index in [0.717, 1.165) is 0 Å². The van der Waals surface area contributed by atoms with E-state index in [-0.39, 0.29) is 18.0 Å². The van der Waals surface area contributed by atoms with Crippen molar-refractivity contribution in [3.8, 4) is 5.75 Å². The number of ether oxygens (including phenoxy) is 1. The van der Waals surface area contributed by atoms with Crippen molar-refractivity contribution in [3.63, 3.8) is 0 Å². The van der Waals surface area contributed by atoms with Crippen LogP contribution in [0.3, 0.4) is 0 Å². The molecule has 0 saturated heterocycles. The van der Waals surface area contributed by atoms with Crippen LogP contribution in [0.1, 0.15) is 6.92 Å². The molecule has 1 amide bonds. The number of para-hydroxylation sites is 3. The van der Waals surface area contributed by atoms with Crippen molar-refractivity contribution in [3.05, 3.63) is 65.2 Å². The lowest BCUT2D eigenvalue weighted by atomic mass is 10.2. The van der Waals surface area contributed by atoms with E-state index in [0.29, 0.717) is 28.9 Å². The van der Waals surface area contributed by atoms with Crippen LogP contribution in [0.5, 0.6) is 5.75 Å². The first-order valence-corrected chi connectivity index (χ1v) is 7.65. The Hall–Kier alpha value is -3.15. The van der Waals surface area contributed by atoms with Gasteiger partial charge in [-0.05, 0) is 31.2 Å². The predicted molar refractivity (Wildman–Crippen MR) is 92.2 cm³/mol. The molecule has 3 rings (SSSR count). The summed E-state index contributed by atoms with van der Waals surface area (Å²) in [6, 6.07) is 14.2. The van der Waals surface area contributed by atoms with Crippen LogP contribution in [0.4, 0.5) is 5.69 Å². The van der Waals surface area contributed by atoms with Crippen molar-refractivity contribution >= 4 is 22.5 Å². The molecule has 1 heterocycles. The van der Waals surface area contributed by atoms with Crippen LogP contribution in [-0.2, 0) is 11.3 Å². The molecule has 0 fully saturated rings. The molecule has 6 nitrogen and oxygen atoms in total. The minimum atomic E-state index is -0.318. The van der Waals surface area contributed by atoms with Crippen molar-refractivity contribution in [2.45, 2.75) is 13.5 Å². The van der Waals surface area contributed by atoms with Gasteiger partial charge < -0.3 is 10.1 Å². The third kappa shape index (κ3) is 3.27. The van der Waals surface area contributed by atoms with Crippen molar-refractivity contribution < 1.29 is 9.53 Å². The zero-order valence-electron chi connectivity index (χ0n) is 13.2. The lowest BCUT2D eigenvalue weighted by Crippen LogP contribution is -2.28. The summed E-state index contributed by atoms with van der Waals surface area (Å²) < 4.78 is 6.77. The molecule has 0 bridgehead atoms. The Morgan fingerprint density at radius 2 is 1.92 bits per heavy atom. The first kappa shape index (κ1) is 15.7. The van der Waals surface area contributed by atoms with Gasteiger partial charge in [0.15, 0.2) is 0 Å². The van der Waals surface area contributed by atoms with Crippen LogP contribution in [0.2, 0.25) is 0 Å². The largest absolute Gasteiger partial charge is 0.492 e. The fourth-order valence-corrected chi connectivity index (χ4v) is 2.41. The quantitative estimate of drug-likeness (QED) is 0.782. The number of aromatic nitrogens is 2. The molecule has 6 heteroatoms. The minimum Gasteiger partial charge on any atom is -0.492 e. The molecule has 0 atom stereocenters. The molecule has 122 valence electrons. The third-order valence-electron chi connectivity index (χ3n) is 3.51. The van der Waals surface area contributed by atoms with E-state index in [4.69, 9.17) is 4.74 Å². The molecule has 2 aromatic carbocycles. The summed E-state index contributed by atoms with van der Waals surface area (Å²) in [6.45, 7) is 2.26. The number of fused-ring (bicyclic) bond motifs is 1. The number of anilines is 1. The second-order valence-electron chi connectivity index (χ2n) is 5.17. The SMILES string of the molecule is CCOc1ccccc1NC(=O)Cn1cnc2ccccc2c1=O. The van der Waals surface area contributed by atoms with Gasteiger partial charge in [-0.15, -0.1) is 0 Å². The Labute approximate surface area is 138 Å². The number of nitrogens with zero attached hydrogens (tertiary/aromatic N) is 2. The van der Waals surface area contributed by atoms with Gasteiger partial charge in [0.1, 0.15) is 12.3 Å². The summed E-state index contributed by atoms with van der Waals surface area (Å²) in [5.74, 6) is 0.277. The Kier molecular flexibility index (Phi) is 4.56. The van der Waals surface area contributed by atoms with Gasteiger partial charge in [-0.3, -0.25) is 14.2 Å². The predicted octanol–water partition coefficient (Wildman–Crippen LogP) is 2.43. The van der Waals surface area contributed by atoms with Gasteiger partial charge in [-0.2, -0.15) is 0 Å². The monoisotopic (exact) mass is 323 g/mol. The smallest absolute Gasteiger partial charge is 0.261 e. The average molecular weight is 323 g/mol. The van der Waals surface area contributed by atoms with Gasteiger partial charge in [-0.25, -0.2) is 4.98 Å². The summed E-state index contributed by atoms with van der Waals surface area (Å²) in [5.41, 5.74) is 0.945. The number of benzene rings is 2. The maximum atomic E-state index is 12.4. The lowest BCUT2D eigenvalue weighted by molar-refractivity contribution is -0.116. The number of carbonyl (C=O) groups is 1. The summed E-state index contributed by atoms with van der Waals surface area (Å²) in [6.07, 6.45) is 1.39. The molecule has 3 aromatic rings. The topological polar surface area (TPSA) is 73.2 Å². The van der Waals surface area contributed by atoms with Crippen LogP contribution in [0, 0.1) is 0 Å². The molecular formula is C18H17N3O3. The normalized spacial score (nSPS) is 10.5. The van der Waals surface area contributed by atoms with Crippen LogP contribution < -0.4 is 15.6 Å². The van der Waals surface area contributed by atoms with E-state index < -0.39 is 0 Å². The number of carbonyl (C=O) groups excluding carboxylic acids is 1. The zero-order valence-corrected chi connectivity index (χ0v) is 13.2. The summed E-state index contributed by atoms with van der Waals surface area (Å²) in [7, 11) is 0. The van der Waals surface area contributed by atoms with Gasteiger partial charge in [0.2, 0.25) is 5.91 Å². The van der Waals surface area contributed by atoms with E-state index in [1.54, 1.807) is 30.3 Å². The van der Waals surface area contributed by atoms with Crippen LogP contribution >= 0.6 is 0 Å². The van der Waals surface area contributed by atoms with Gasteiger partial charge >= 0.3 is 0 Å². The Balaban J connectivity index is 1.81. The molecule has 0 unspecified atom stereocenters. The summed E-state index contributed by atoms with van der Waals surface area (Å²) in [4.78, 5) is 28.9. The summed E-state index contributed by atoms with van der Waals surface area (Å²) >= 11 is 0. The number of hydrogen-bond donors (Lipinski definition) is 1. The molecule has 0 aliphatic rings. The van der Waals surface area contributed by atoms with E-state index in [1.807, 2.05) is 25.1 Å². The highest BCUT2D eigenvalue weighted by Crippen LogP contribution is 2.23. The second-order valence-corrected chi connectivity index (χ2v) is 5.17. The molecule has 24 heavy (non-hydrogen) atoms. The molecule has 1 aromatic heterocycles. The second kappa shape index (κ2) is 6.95. The highest BCUT2D eigenvalue weighted by Gasteiger charge is 2.10. The van der Waals surface area contributed by atoms with Crippen molar-refractivity contribution in [1.29, 1.82) is 0 Å². The fourth-order valence-electron chi connectivity index (χ4n) is 2.41. The van der Waals surface area contributed by atoms with Crippen LogP contribution in [0.15, 0.2) is 59.7 Å². The van der Waals surface area contributed by atoms with Crippen molar-refractivity contribution in [1.82, 2.24) is 9.55 Å². The fraction of sp³-hybridized carbons (Fsp3) is 0.167. The van der Waals surface area contributed by atoms with E-state index in [9.17, 15) is 9.59 Å². The molecule has 1 N–H and O–H groups in total. The van der Waals surface area contributed by atoms with Crippen LogP contribution in [0.25, 0.3) is 10.9 Å². The number of amides is 1. The van der Waals surface area contributed by atoms with E-state index in [2.05, 4.69) is 10.3 Å². The highest BCUT2D eigenvalue weighted by atomic mass is 16.5. The van der Waals surface area contributed by atoms with Gasteiger partial charge in [0, 0.05) is 0 Å². The Bertz CT molecular complexity index is 934. The molecule has 0 radical (unpaired) electrons. The van der Waals surface area contributed by atoms with Crippen LogP contribution in [-0.4, -0.2) is 22.1 Å². The van der Waals surface area contributed by atoms with E-state index in [1.165, 1.54) is 10.9 Å². The Morgan fingerprint density at radius 3 is 2.75 bits per heavy atom. The molecule has 0 aliphatic heterocycles. The van der Waals surface area contributed by atoms with Gasteiger partial charge in [0.05, 0.1) is 29.5 Å².